The number of nitrogens with zero attached hydrogens (tertiary/aromatic N) is 3. The second kappa shape index (κ2) is 11.9. The van der Waals surface area contributed by atoms with E-state index in [1.165, 1.54) is 61.5 Å². The molecule has 15 heteroatoms. The van der Waals surface area contributed by atoms with Gasteiger partial charge in [0.1, 0.15) is 11.7 Å². The van der Waals surface area contributed by atoms with Crippen molar-refractivity contribution in [1.82, 2.24) is 20.0 Å². The second-order valence-corrected chi connectivity index (χ2v) is 10.1. The number of imidazole rings is 1. The Morgan fingerprint density at radius 2 is 1.86 bits per heavy atom. The third kappa shape index (κ3) is 5.91. The first-order chi connectivity index (χ1) is 20.9. The number of amides is 2. The zero-order chi connectivity index (χ0) is 31.7. The molecule has 0 saturated heterocycles. The minimum Gasteiger partial charge on any atom is -0.477 e. The number of nitrogens with one attached hydrogen (secondary N) is 3. The SMILES string of the molecule is Cc1nc(-c2cccc(Cl)c2F)n(O)c1C(=O)N[C@@H](Cc1ccc([N+](=O)[O-])cc1)C(=O)Nc1ccc2[nH]c(C(=O)O)cc2c1. The van der Waals surface area contributed by atoms with Gasteiger partial charge in [-0.15, -0.1) is 0 Å². The Morgan fingerprint density at radius 3 is 2.55 bits per heavy atom. The third-order valence-corrected chi connectivity index (χ3v) is 7.06. The van der Waals surface area contributed by atoms with E-state index >= 15 is 0 Å². The van der Waals surface area contributed by atoms with Crippen molar-refractivity contribution in [2.75, 3.05) is 5.32 Å². The van der Waals surface area contributed by atoms with E-state index in [1.807, 2.05) is 0 Å². The number of anilines is 1. The van der Waals surface area contributed by atoms with Crippen LogP contribution in [-0.4, -0.2) is 53.8 Å². The van der Waals surface area contributed by atoms with E-state index in [2.05, 4.69) is 20.6 Å². The van der Waals surface area contributed by atoms with Crippen LogP contribution in [0, 0.1) is 22.9 Å². The number of aromatic nitrogens is 3. The zero-order valence-corrected chi connectivity index (χ0v) is 23.4. The van der Waals surface area contributed by atoms with Crippen LogP contribution in [0.5, 0.6) is 0 Å². The number of nitro groups is 1. The molecular weight excluding hydrogens is 599 g/mol. The van der Waals surface area contributed by atoms with E-state index in [4.69, 9.17) is 11.6 Å². The van der Waals surface area contributed by atoms with Gasteiger partial charge in [-0.1, -0.05) is 29.8 Å². The molecule has 0 saturated carbocycles. The number of hydrogen-bond acceptors (Lipinski definition) is 7. The standard InChI is InChI=1S/C29H22ClFN6O7/c1-14-25(36(42)26(32-14)19-3-2-4-20(30)24(19)31)28(39)35-22(11-15-5-8-18(9-6-15)37(43)44)27(38)33-17-7-10-21-16(12-17)13-23(34-21)29(40)41/h2-10,12-13,22,34,42H,11H2,1H3,(H,33,38)(H,35,39)(H,40,41)/t22-/m0/s1. The van der Waals surface area contributed by atoms with Crippen LogP contribution in [0.3, 0.4) is 0 Å². The van der Waals surface area contributed by atoms with Crippen LogP contribution in [0.15, 0.2) is 66.7 Å². The van der Waals surface area contributed by atoms with Gasteiger partial charge >= 0.3 is 5.97 Å². The van der Waals surface area contributed by atoms with Crippen LogP contribution < -0.4 is 10.6 Å². The summed E-state index contributed by atoms with van der Waals surface area (Å²) in [6.07, 6.45) is -0.112. The highest BCUT2D eigenvalue weighted by Crippen LogP contribution is 2.28. The lowest BCUT2D eigenvalue weighted by molar-refractivity contribution is -0.384. The molecule has 5 N–H and O–H groups in total. The number of non-ortho nitro benzene ring substituents is 1. The average molecular weight is 621 g/mol. The van der Waals surface area contributed by atoms with Crippen molar-refractivity contribution in [3.63, 3.8) is 0 Å². The summed E-state index contributed by atoms with van der Waals surface area (Å²) in [5.74, 6) is -3.90. The Balaban J connectivity index is 1.45. The number of nitro benzene ring substituents is 1. The van der Waals surface area contributed by atoms with E-state index in [0.717, 1.165) is 0 Å². The highest BCUT2D eigenvalue weighted by Gasteiger charge is 2.28. The normalized spacial score (nSPS) is 11.7. The van der Waals surface area contributed by atoms with Crippen molar-refractivity contribution < 1.29 is 34.0 Å². The summed E-state index contributed by atoms with van der Waals surface area (Å²) < 4.78 is 15.1. The lowest BCUT2D eigenvalue weighted by Crippen LogP contribution is -2.46. The molecule has 0 spiro atoms. The predicted octanol–water partition coefficient (Wildman–Crippen LogP) is 4.96. The maximum Gasteiger partial charge on any atom is 0.352 e. The van der Waals surface area contributed by atoms with Crippen molar-refractivity contribution in [3.8, 4) is 11.4 Å². The number of benzene rings is 3. The largest absolute Gasteiger partial charge is 0.477 e. The van der Waals surface area contributed by atoms with Crippen LogP contribution in [0.25, 0.3) is 22.3 Å². The molecule has 44 heavy (non-hydrogen) atoms. The Morgan fingerprint density at radius 1 is 1.14 bits per heavy atom. The van der Waals surface area contributed by atoms with Gasteiger partial charge in [-0.25, -0.2) is 14.2 Å². The smallest absolute Gasteiger partial charge is 0.352 e. The van der Waals surface area contributed by atoms with Crippen molar-refractivity contribution in [1.29, 1.82) is 0 Å². The first-order valence-electron chi connectivity index (χ1n) is 12.9. The molecule has 0 aliphatic heterocycles. The van der Waals surface area contributed by atoms with Crippen LogP contribution >= 0.6 is 11.6 Å². The molecule has 0 aliphatic rings. The molecule has 0 unspecified atom stereocenters. The van der Waals surface area contributed by atoms with Crippen molar-refractivity contribution in [2.24, 2.45) is 0 Å². The van der Waals surface area contributed by atoms with Crippen LogP contribution in [0.1, 0.15) is 32.2 Å². The molecule has 224 valence electrons. The van der Waals surface area contributed by atoms with Gasteiger partial charge in [-0.05, 0) is 48.9 Å². The monoisotopic (exact) mass is 620 g/mol. The molecule has 5 rings (SSSR count). The number of aromatic amines is 1. The van der Waals surface area contributed by atoms with Gasteiger partial charge in [0.05, 0.1) is 21.2 Å². The number of fused-ring (bicyclic) bond motifs is 1. The van der Waals surface area contributed by atoms with Crippen LogP contribution in [0.2, 0.25) is 5.02 Å². The van der Waals surface area contributed by atoms with Crippen molar-refractivity contribution in [3.05, 3.63) is 110 Å². The summed E-state index contributed by atoms with van der Waals surface area (Å²) >= 11 is 5.86. The Bertz CT molecular complexity index is 1950. The molecule has 0 fully saturated rings. The quantitative estimate of drug-likeness (QED) is 0.0867. The fourth-order valence-electron chi connectivity index (χ4n) is 4.61. The van der Waals surface area contributed by atoms with E-state index < -0.39 is 34.6 Å². The maximum absolute atomic E-state index is 14.7. The lowest BCUT2D eigenvalue weighted by Gasteiger charge is -2.19. The number of carbonyl (C=O) groups excluding carboxylic acids is 2. The molecule has 2 aromatic heterocycles. The summed E-state index contributed by atoms with van der Waals surface area (Å²) in [4.78, 5) is 55.6. The van der Waals surface area contributed by atoms with Gasteiger partial charge in [-0.2, -0.15) is 4.73 Å². The molecule has 1 atom stereocenters. The minimum absolute atomic E-state index is 0.0287. The molecule has 2 amide bonds. The number of rotatable bonds is 9. The van der Waals surface area contributed by atoms with Gasteiger partial charge in [0.25, 0.3) is 11.6 Å². The first kappa shape index (κ1) is 29.7. The lowest BCUT2D eigenvalue weighted by atomic mass is 10.0. The van der Waals surface area contributed by atoms with E-state index in [0.29, 0.717) is 26.9 Å². The summed E-state index contributed by atoms with van der Waals surface area (Å²) in [5.41, 5.74) is 0.586. The van der Waals surface area contributed by atoms with E-state index in [1.54, 1.807) is 12.1 Å². The number of hydrogen-bond donors (Lipinski definition) is 5. The molecule has 0 aliphatic carbocycles. The number of carbonyl (C=O) groups is 3. The number of carboxylic acids is 1. The Kier molecular flexibility index (Phi) is 8.01. The van der Waals surface area contributed by atoms with E-state index in [9.17, 15) is 39.2 Å². The number of H-pyrrole nitrogens is 1. The molecular formula is C29H22ClFN6O7. The molecule has 0 bridgehead atoms. The summed E-state index contributed by atoms with van der Waals surface area (Å²) in [6, 6.07) is 14.2. The highest BCUT2D eigenvalue weighted by atomic mass is 35.5. The molecule has 13 nitrogen and oxygen atoms in total. The zero-order valence-electron chi connectivity index (χ0n) is 22.7. The van der Waals surface area contributed by atoms with Gasteiger partial charge in [0.2, 0.25) is 5.91 Å². The number of carboxylic acid groups (broad SMARTS) is 1. The molecule has 0 radical (unpaired) electrons. The maximum atomic E-state index is 14.7. The van der Waals surface area contributed by atoms with Gasteiger partial charge in [0, 0.05) is 35.1 Å². The molecule has 2 heterocycles. The Hall–Kier alpha value is -5.76. The average Bonchev–Trinajstić information content (AvgIpc) is 3.54. The van der Waals surface area contributed by atoms with Crippen LogP contribution in [-0.2, 0) is 11.2 Å². The van der Waals surface area contributed by atoms with Crippen molar-refractivity contribution >= 4 is 51.7 Å². The number of halogens is 2. The molecule has 3 aromatic carbocycles. The third-order valence-electron chi connectivity index (χ3n) is 6.76. The summed E-state index contributed by atoms with van der Waals surface area (Å²) in [7, 11) is 0. The summed E-state index contributed by atoms with van der Waals surface area (Å²) in [6.45, 7) is 1.41. The minimum atomic E-state index is -1.28. The number of aromatic carboxylic acids is 1. The fourth-order valence-corrected chi connectivity index (χ4v) is 4.78. The van der Waals surface area contributed by atoms with E-state index in [-0.39, 0.29) is 45.6 Å². The fraction of sp³-hybridized carbons (Fsp3) is 0.103. The van der Waals surface area contributed by atoms with Gasteiger partial charge in [0.15, 0.2) is 17.3 Å². The second-order valence-electron chi connectivity index (χ2n) is 9.72. The summed E-state index contributed by atoms with van der Waals surface area (Å²) in [5, 5.41) is 36.7. The first-order valence-corrected chi connectivity index (χ1v) is 13.2. The van der Waals surface area contributed by atoms with Gasteiger partial charge < -0.3 is 25.9 Å². The van der Waals surface area contributed by atoms with Gasteiger partial charge in [-0.3, -0.25) is 19.7 Å². The topological polar surface area (TPSA) is 192 Å². The van der Waals surface area contributed by atoms with Crippen LogP contribution in [0.4, 0.5) is 15.8 Å². The number of aryl methyl sites for hydroxylation is 1. The Labute approximate surface area is 252 Å². The molecule has 5 aromatic rings. The van der Waals surface area contributed by atoms with Crippen molar-refractivity contribution in [2.45, 2.75) is 19.4 Å². The highest BCUT2D eigenvalue weighted by molar-refractivity contribution is 6.31. The predicted molar refractivity (Wildman–Crippen MR) is 156 cm³/mol.